The molecule has 0 saturated heterocycles. The number of benzene rings is 2. The van der Waals surface area contributed by atoms with E-state index >= 15 is 0 Å². The normalized spacial score (nSPS) is 15.2. The lowest BCUT2D eigenvalue weighted by Gasteiger charge is -2.40. The van der Waals surface area contributed by atoms with Crippen molar-refractivity contribution in [3.63, 3.8) is 0 Å². The maximum absolute atomic E-state index is 14.4. The number of aliphatic hydroxyl groups is 1. The highest BCUT2D eigenvalue weighted by molar-refractivity contribution is 5.78. The highest BCUT2D eigenvalue weighted by Gasteiger charge is 2.57. The number of rotatable bonds is 8. The zero-order valence-electron chi connectivity index (χ0n) is 20.1. The van der Waals surface area contributed by atoms with Crippen LogP contribution in [0.3, 0.4) is 0 Å². The molecular formula is C26H27F4NO5. The molecule has 0 aliphatic heterocycles. The lowest BCUT2D eigenvalue weighted by molar-refractivity contribution is -0.272. The van der Waals surface area contributed by atoms with E-state index in [1.165, 1.54) is 29.8 Å². The van der Waals surface area contributed by atoms with E-state index in [0.717, 1.165) is 24.3 Å². The zero-order chi connectivity index (χ0) is 26.7. The van der Waals surface area contributed by atoms with Crippen molar-refractivity contribution in [2.45, 2.75) is 57.3 Å². The molecule has 0 saturated carbocycles. The van der Waals surface area contributed by atoms with E-state index in [9.17, 15) is 32.3 Å². The van der Waals surface area contributed by atoms with Crippen LogP contribution in [0.4, 0.5) is 22.4 Å². The van der Waals surface area contributed by atoms with Crippen molar-refractivity contribution in [1.82, 2.24) is 4.57 Å². The van der Waals surface area contributed by atoms with Crippen LogP contribution >= 0.6 is 0 Å². The summed E-state index contributed by atoms with van der Waals surface area (Å²) in [5.74, 6) is -0.916. The molecule has 2 aromatic carbocycles. The Bertz CT molecular complexity index is 1310. The number of hydrogen-bond acceptors (Lipinski definition) is 5. The minimum Gasteiger partial charge on any atom is -0.434 e. The molecule has 3 aromatic rings. The fraction of sp³-hybridized carbons (Fsp3) is 0.385. The maximum atomic E-state index is 14.4. The molecule has 1 heterocycles. The van der Waals surface area contributed by atoms with Gasteiger partial charge in [-0.25, -0.2) is 9.18 Å². The van der Waals surface area contributed by atoms with Crippen molar-refractivity contribution < 1.29 is 36.9 Å². The van der Waals surface area contributed by atoms with Gasteiger partial charge in [0, 0.05) is 23.2 Å². The third kappa shape index (κ3) is 5.53. The molecule has 194 valence electrons. The summed E-state index contributed by atoms with van der Waals surface area (Å²) < 4.78 is 68.6. The van der Waals surface area contributed by atoms with Gasteiger partial charge < -0.3 is 19.1 Å². The number of ether oxygens (including phenoxy) is 2. The molecule has 3 rings (SSSR count). The Morgan fingerprint density at radius 3 is 2.42 bits per heavy atom. The highest BCUT2D eigenvalue weighted by Crippen LogP contribution is 2.46. The Kier molecular flexibility index (Phi) is 7.78. The van der Waals surface area contributed by atoms with Gasteiger partial charge in [0.25, 0.3) is 0 Å². The first-order valence-corrected chi connectivity index (χ1v) is 11.4. The smallest absolute Gasteiger partial charge is 0.434 e. The van der Waals surface area contributed by atoms with Gasteiger partial charge in [0.15, 0.2) is 11.0 Å². The van der Waals surface area contributed by atoms with Gasteiger partial charge in [0.05, 0.1) is 18.7 Å². The number of para-hydroxylation sites is 1. The first-order valence-electron chi connectivity index (χ1n) is 11.4. The average molecular weight is 509 g/mol. The van der Waals surface area contributed by atoms with Crippen LogP contribution in [0.15, 0.2) is 59.5 Å². The summed E-state index contributed by atoms with van der Waals surface area (Å²) in [6, 6.07) is 10.4. The maximum Gasteiger partial charge on any atom is 0.513 e. The predicted octanol–water partition coefficient (Wildman–Crippen LogP) is 5.73. The summed E-state index contributed by atoms with van der Waals surface area (Å²) >= 11 is 0. The Hall–Kier alpha value is -3.40. The molecule has 6 nitrogen and oxygen atoms in total. The van der Waals surface area contributed by atoms with Gasteiger partial charge in [0.2, 0.25) is 0 Å². The second kappa shape index (κ2) is 10.3. The molecule has 2 unspecified atom stereocenters. The molecule has 0 spiro atoms. The molecule has 0 amide bonds. The molecule has 0 aliphatic rings. The van der Waals surface area contributed by atoms with Crippen molar-refractivity contribution in [2.75, 3.05) is 6.61 Å². The first-order chi connectivity index (χ1) is 16.8. The number of hydrogen-bond donors (Lipinski definition) is 1. The fourth-order valence-corrected chi connectivity index (χ4v) is 4.28. The average Bonchev–Trinajstić information content (AvgIpc) is 2.81. The minimum absolute atomic E-state index is 0.00155. The van der Waals surface area contributed by atoms with Gasteiger partial charge in [-0.1, -0.05) is 26.0 Å². The van der Waals surface area contributed by atoms with Gasteiger partial charge >= 0.3 is 12.3 Å². The van der Waals surface area contributed by atoms with E-state index in [1.54, 1.807) is 26.0 Å². The second-order valence-electron chi connectivity index (χ2n) is 8.87. The molecule has 36 heavy (non-hydrogen) atoms. The number of aromatic nitrogens is 1. The molecule has 0 radical (unpaired) electrons. The van der Waals surface area contributed by atoms with Gasteiger partial charge in [-0.3, -0.25) is 4.79 Å². The van der Waals surface area contributed by atoms with Crippen molar-refractivity contribution in [3.8, 4) is 5.75 Å². The van der Waals surface area contributed by atoms with E-state index in [4.69, 9.17) is 9.47 Å². The summed E-state index contributed by atoms with van der Waals surface area (Å²) in [6.45, 7) is 3.65. The van der Waals surface area contributed by atoms with Crippen molar-refractivity contribution in [1.29, 1.82) is 0 Å². The largest absolute Gasteiger partial charge is 0.513 e. The van der Waals surface area contributed by atoms with Gasteiger partial charge in [-0.05, 0) is 55.5 Å². The highest BCUT2D eigenvalue weighted by atomic mass is 19.4. The molecule has 10 heteroatoms. The predicted molar refractivity (Wildman–Crippen MR) is 126 cm³/mol. The summed E-state index contributed by atoms with van der Waals surface area (Å²) in [7, 11) is 0. The number of pyridine rings is 1. The van der Waals surface area contributed by atoms with Crippen molar-refractivity contribution in [2.24, 2.45) is 0 Å². The monoisotopic (exact) mass is 509 g/mol. The number of carbonyl (C=O) groups is 1. The van der Waals surface area contributed by atoms with Crippen LogP contribution in [0.25, 0.3) is 10.9 Å². The summed E-state index contributed by atoms with van der Waals surface area (Å²) in [4.78, 5) is 24.1. The summed E-state index contributed by atoms with van der Waals surface area (Å²) in [5.41, 5.74) is -4.93. The zero-order valence-corrected chi connectivity index (χ0v) is 20.1. The second-order valence-corrected chi connectivity index (χ2v) is 8.87. The molecule has 0 bridgehead atoms. The molecule has 0 aliphatic carbocycles. The van der Waals surface area contributed by atoms with Crippen LogP contribution in [0.5, 0.6) is 5.75 Å². The van der Waals surface area contributed by atoms with Crippen LogP contribution in [-0.4, -0.2) is 34.2 Å². The van der Waals surface area contributed by atoms with Gasteiger partial charge in [-0.15, -0.1) is 0 Å². The molecule has 0 fully saturated rings. The van der Waals surface area contributed by atoms with E-state index in [2.05, 4.69) is 0 Å². The Labute approximate surface area is 205 Å². The molecule has 2 atom stereocenters. The lowest BCUT2D eigenvalue weighted by Crippen LogP contribution is -2.52. The molecule has 1 N–H and O–H groups in total. The number of halogens is 4. The topological polar surface area (TPSA) is 77.8 Å². The Morgan fingerprint density at radius 2 is 1.78 bits per heavy atom. The standard InChI is InChI=1S/C26H27F4NO5/c1-4-24(3,19-14-17(27)10-11-22(19)36-23(33)35-5-2)15-25(34,26(28,29)30)16-31-13-12-21(32)18-8-6-7-9-20(18)31/h6-14,34H,4-5,15-16H2,1-3H3. The Morgan fingerprint density at radius 1 is 1.08 bits per heavy atom. The van der Waals surface area contributed by atoms with Crippen molar-refractivity contribution in [3.05, 3.63) is 76.3 Å². The van der Waals surface area contributed by atoms with E-state index in [-0.39, 0.29) is 40.7 Å². The number of alkyl halides is 3. The fourth-order valence-electron chi connectivity index (χ4n) is 4.28. The van der Waals surface area contributed by atoms with E-state index < -0.39 is 42.1 Å². The summed E-state index contributed by atoms with van der Waals surface area (Å²) in [5, 5.41) is 11.3. The van der Waals surface area contributed by atoms with Gasteiger partial charge in [-0.2, -0.15) is 13.2 Å². The van der Waals surface area contributed by atoms with Crippen LogP contribution < -0.4 is 10.2 Å². The van der Waals surface area contributed by atoms with Crippen LogP contribution in [0.1, 0.15) is 39.2 Å². The van der Waals surface area contributed by atoms with E-state index in [1.807, 2.05) is 0 Å². The molecule has 1 aromatic heterocycles. The lowest BCUT2D eigenvalue weighted by atomic mass is 9.71. The van der Waals surface area contributed by atoms with Crippen LogP contribution in [0, 0.1) is 5.82 Å². The number of carbonyl (C=O) groups excluding carboxylic acids is 1. The molecular weight excluding hydrogens is 482 g/mol. The van der Waals surface area contributed by atoms with Crippen LogP contribution in [0.2, 0.25) is 0 Å². The quantitative estimate of drug-likeness (QED) is 0.239. The summed E-state index contributed by atoms with van der Waals surface area (Å²) in [6.07, 6.45) is -5.83. The number of nitrogens with zero attached hydrogens (tertiary/aromatic N) is 1. The van der Waals surface area contributed by atoms with Crippen molar-refractivity contribution >= 4 is 17.1 Å². The Balaban J connectivity index is 2.09. The first kappa shape index (κ1) is 27.2. The third-order valence-electron chi connectivity index (χ3n) is 6.35. The number of fused-ring (bicyclic) bond motifs is 1. The van der Waals surface area contributed by atoms with Crippen LogP contribution in [-0.2, 0) is 16.7 Å². The third-order valence-corrected chi connectivity index (χ3v) is 6.35. The SMILES string of the molecule is CCOC(=O)Oc1ccc(F)cc1C(C)(CC)CC(O)(Cn1ccc(=O)c2ccccc21)C(F)(F)F. The van der Waals surface area contributed by atoms with Gasteiger partial charge in [0.1, 0.15) is 11.6 Å². The van der Waals surface area contributed by atoms with E-state index in [0.29, 0.717) is 0 Å². The minimum atomic E-state index is -5.09.